The molecule has 2 aromatic rings. The molecule has 0 aliphatic carbocycles. The molecule has 0 saturated carbocycles. The van der Waals surface area contributed by atoms with Gasteiger partial charge in [-0.3, -0.25) is 0 Å². The van der Waals surface area contributed by atoms with Crippen LogP contribution in [0.5, 0.6) is 0 Å². The van der Waals surface area contributed by atoms with E-state index in [2.05, 4.69) is 4.98 Å². The van der Waals surface area contributed by atoms with Gasteiger partial charge in [-0.2, -0.15) is 0 Å². The molecule has 0 fully saturated rings. The quantitative estimate of drug-likeness (QED) is 0.473. The van der Waals surface area contributed by atoms with Gasteiger partial charge in [0, 0.05) is 22.9 Å². The molecule has 0 atom stereocenters. The van der Waals surface area contributed by atoms with E-state index in [-0.39, 0.29) is 5.82 Å². The highest BCUT2D eigenvalue weighted by molar-refractivity contribution is 5.75. The van der Waals surface area contributed by atoms with Gasteiger partial charge in [0.25, 0.3) is 0 Å². The molecule has 0 bridgehead atoms. The van der Waals surface area contributed by atoms with Gasteiger partial charge < -0.3 is 15.8 Å². The Kier molecular flexibility index (Phi) is 2.51. The summed E-state index contributed by atoms with van der Waals surface area (Å²) < 4.78 is 0. The average molecular weight is 215 g/mol. The SMILES string of the molecule is Nc1ccccc1-c1ccc([N+](=O)[O-])nc1. The van der Waals surface area contributed by atoms with E-state index in [0.717, 1.165) is 11.1 Å². The van der Waals surface area contributed by atoms with E-state index in [9.17, 15) is 10.1 Å². The molecule has 5 heteroatoms. The number of benzene rings is 1. The minimum absolute atomic E-state index is 0.168. The molecular formula is C11H9N3O2. The summed E-state index contributed by atoms with van der Waals surface area (Å²) in [6, 6.07) is 10.3. The highest BCUT2D eigenvalue weighted by atomic mass is 16.6. The van der Waals surface area contributed by atoms with Crippen molar-refractivity contribution in [3.8, 4) is 11.1 Å². The zero-order valence-electron chi connectivity index (χ0n) is 8.33. The lowest BCUT2D eigenvalue weighted by Crippen LogP contribution is -1.93. The van der Waals surface area contributed by atoms with Gasteiger partial charge in [-0.15, -0.1) is 0 Å². The average Bonchev–Trinajstić information content (AvgIpc) is 2.30. The highest BCUT2D eigenvalue weighted by Crippen LogP contribution is 2.25. The van der Waals surface area contributed by atoms with Crippen LogP contribution in [0.4, 0.5) is 11.5 Å². The molecule has 5 nitrogen and oxygen atoms in total. The molecule has 1 aromatic carbocycles. The first-order chi connectivity index (χ1) is 7.68. The number of nitrogens with zero attached hydrogens (tertiary/aromatic N) is 2. The van der Waals surface area contributed by atoms with Crippen molar-refractivity contribution in [2.75, 3.05) is 5.73 Å². The van der Waals surface area contributed by atoms with E-state index in [1.807, 2.05) is 18.2 Å². The number of nitro groups is 1. The minimum atomic E-state index is -0.530. The Morgan fingerprint density at radius 1 is 1.19 bits per heavy atom. The first-order valence-corrected chi connectivity index (χ1v) is 4.64. The van der Waals surface area contributed by atoms with E-state index in [4.69, 9.17) is 5.73 Å². The zero-order valence-corrected chi connectivity index (χ0v) is 8.33. The third-order valence-corrected chi connectivity index (χ3v) is 2.21. The number of para-hydroxylation sites is 1. The van der Waals surface area contributed by atoms with Gasteiger partial charge in [0.05, 0.1) is 0 Å². The number of hydrogen-bond donors (Lipinski definition) is 1. The van der Waals surface area contributed by atoms with E-state index in [1.54, 1.807) is 12.1 Å². The topological polar surface area (TPSA) is 82.0 Å². The van der Waals surface area contributed by atoms with E-state index in [1.165, 1.54) is 12.3 Å². The van der Waals surface area contributed by atoms with Crippen LogP contribution in [0.2, 0.25) is 0 Å². The van der Waals surface area contributed by atoms with Crippen LogP contribution >= 0.6 is 0 Å². The monoisotopic (exact) mass is 215 g/mol. The van der Waals surface area contributed by atoms with Crippen LogP contribution in [-0.4, -0.2) is 9.91 Å². The fraction of sp³-hybridized carbons (Fsp3) is 0. The highest BCUT2D eigenvalue weighted by Gasteiger charge is 2.08. The predicted octanol–water partition coefficient (Wildman–Crippen LogP) is 2.24. The first-order valence-electron chi connectivity index (χ1n) is 4.64. The maximum absolute atomic E-state index is 10.4. The zero-order chi connectivity index (χ0) is 11.5. The van der Waals surface area contributed by atoms with Crippen molar-refractivity contribution in [2.24, 2.45) is 0 Å². The van der Waals surface area contributed by atoms with Crippen LogP contribution < -0.4 is 5.73 Å². The standard InChI is InChI=1S/C11H9N3O2/c12-10-4-2-1-3-9(10)8-5-6-11(13-7-8)14(15)16/h1-7H,12H2. The first kappa shape index (κ1) is 10.1. The lowest BCUT2D eigenvalue weighted by Gasteiger charge is -2.02. The van der Waals surface area contributed by atoms with Gasteiger partial charge >= 0.3 is 5.82 Å². The number of pyridine rings is 1. The van der Waals surface area contributed by atoms with Crippen molar-refractivity contribution in [1.29, 1.82) is 0 Å². The van der Waals surface area contributed by atoms with Crippen molar-refractivity contribution in [2.45, 2.75) is 0 Å². The second kappa shape index (κ2) is 3.98. The van der Waals surface area contributed by atoms with Crippen molar-refractivity contribution in [3.63, 3.8) is 0 Å². The number of nitrogens with two attached hydrogens (primary N) is 1. The number of anilines is 1. The normalized spacial score (nSPS) is 10.0. The Balaban J connectivity index is 2.43. The van der Waals surface area contributed by atoms with Gasteiger partial charge in [-0.05, 0) is 22.0 Å². The van der Waals surface area contributed by atoms with Gasteiger partial charge in [-0.25, -0.2) is 0 Å². The number of rotatable bonds is 2. The molecule has 0 aliphatic rings. The number of aromatic nitrogens is 1. The summed E-state index contributed by atoms with van der Waals surface area (Å²) in [5.41, 5.74) is 8.00. The molecule has 0 radical (unpaired) electrons. The predicted molar refractivity (Wildman–Crippen MR) is 60.7 cm³/mol. The van der Waals surface area contributed by atoms with Gasteiger partial charge in [-0.1, -0.05) is 18.2 Å². The summed E-state index contributed by atoms with van der Waals surface area (Å²) in [5, 5.41) is 10.4. The lowest BCUT2D eigenvalue weighted by molar-refractivity contribution is -0.389. The largest absolute Gasteiger partial charge is 0.398 e. The Labute approximate surface area is 91.7 Å². The molecule has 2 N–H and O–H groups in total. The molecule has 2 rings (SSSR count). The Bertz CT molecular complexity index is 523. The van der Waals surface area contributed by atoms with Crippen LogP contribution in [0, 0.1) is 10.1 Å². The van der Waals surface area contributed by atoms with E-state index in [0.29, 0.717) is 5.69 Å². The maximum atomic E-state index is 10.4. The second-order valence-corrected chi connectivity index (χ2v) is 3.25. The Hall–Kier alpha value is -2.43. The van der Waals surface area contributed by atoms with Crippen LogP contribution in [0.25, 0.3) is 11.1 Å². The molecule has 0 unspecified atom stereocenters. The number of nitrogen functional groups attached to an aromatic ring is 1. The van der Waals surface area contributed by atoms with Crippen LogP contribution in [0.1, 0.15) is 0 Å². The van der Waals surface area contributed by atoms with Crippen molar-refractivity contribution >= 4 is 11.5 Å². The Morgan fingerprint density at radius 2 is 1.94 bits per heavy atom. The number of hydrogen-bond acceptors (Lipinski definition) is 4. The van der Waals surface area contributed by atoms with E-state index < -0.39 is 4.92 Å². The van der Waals surface area contributed by atoms with Crippen LogP contribution in [-0.2, 0) is 0 Å². The molecule has 0 spiro atoms. The smallest absolute Gasteiger partial charge is 0.363 e. The summed E-state index contributed by atoms with van der Waals surface area (Å²) in [7, 11) is 0. The molecule has 0 amide bonds. The Morgan fingerprint density at radius 3 is 2.50 bits per heavy atom. The van der Waals surface area contributed by atoms with Crippen molar-refractivity contribution < 1.29 is 4.92 Å². The molecule has 80 valence electrons. The fourth-order valence-electron chi connectivity index (χ4n) is 1.41. The van der Waals surface area contributed by atoms with Gasteiger partial charge in [0.15, 0.2) is 0 Å². The summed E-state index contributed by atoms with van der Waals surface area (Å²) in [6.07, 6.45) is 1.45. The summed E-state index contributed by atoms with van der Waals surface area (Å²) in [5.74, 6) is -0.168. The third kappa shape index (κ3) is 1.83. The molecule has 0 aliphatic heterocycles. The van der Waals surface area contributed by atoms with E-state index >= 15 is 0 Å². The molecule has 0 saturated heterocycles. The lowest BCUT2D eigenvalue weighted by atomic mass is 10.1. The summed E-state index contributed by atoms with van der Waals surface area (Å²) in [4.78, 5) is 13.6. The van der Waals surface area contributed by atoms with Crippen LogP contribution in [0.3, 0.4) is 0 Å². The fourth-order valence-corrected chi connectivity index (χ4v) is 1.41. The second-order valence-electron chi connectivity index (χ2n) is 3.25. The van der Waals surface area contributed by atoms with Crippen LogP contribution in [0.15, 0.2) is 42.6 Å². The van der Waals surface area contributed by atoms with Crippen molar-refractivity contribution in [3.05, 3.63) is 52.7 Å². The maximum Gasteiger partial charge on any atom is 0.363 e. The summed E-state index contributed by atoms with van der Waals surface area (Å²) in [6.45, 7) is 0. The van der Waals surface area contributed by atoms with Gasteiger partial charge in [0.1, 0.15) is 6.20 Å². The van der Waals surface area contributed by atoms with Gasteiger partial charge in [0.2, 0.25) is 0 Å². The minimum Gasteiger partial charge on any atom is -0.398 e. The molecule has 1 aromatic heterocycles. The summed E-state index contributed by atoms with van der Waals surface area (Å²) >= 11 is 0. The molecule has 1 heterocycles. The van der Waals surface area contributed by atoms with Crippen molar-refractivity contribution in [1.82, 2.24) is 4.98 Å². The molecular weight excluding hydrogens is 206 g/mol. The third-order valence-electron chi connectivity index (χ3n) is 2.21. The molecule has 16 heavy (non-hydrogen) atoms.